The molecule has 0 amide bonds. The highest BCUT2D eigenvalue weighted by molar-refractivity contribution is 7.92. The van der Waals surface area contributed by atoms with Gasteiger partial charge in [0, 0.05) is 18.7 Å². The quantitative estimate of drug-likeness (QED) is 0.308. The molecule has 1 aromatic rings. The van der Waals surface area contributed by atoms with Crippen molar-refractivity contribution in [1.29, 1.82) is 0 Å². The molecule has 1 N–H and O–H groups in total. The minimum Gasteiger partial charge on any atom is -0.409 e. The summed E-state index contributed by atoms with van der Waals surface area (Å²) in [7, 11) is -5.25. The molecule has 0 aliphatic heterocycles. The largest absolute Gasteiger partial charge is 0.409 e. The highest BCUT2D eigenvalue weighted by Gasteiger charge is 2.34. The summed E-state index contributed by atoms with van der Waals surface area (Å²) in [6, 6.07) is 5.27. The smallest absolute Gasteiger partial charge is 0.192 e. The van der Waals surface area contributed by atoms with Crippen molar-refractivity contribution in [2.24, 2.45) is 0 Å². The van der Waals surface area contributed by atoms with Crippen molar-refractivity contribution >= 4 is 41.4 Å². The Balaban J connectivity index is 3.07. The van der Waals surface area contributed by atoms with Crippen LogP contribution >= 0.6 is 23.2 Å². The number of sulfone groups is 1. The van der Waals surface area contributed by atoms with Crippen LogP contribution in [0, 0.1) is 5.82 Å². The van der Waals surface area contributed by atoms with Crippen molar-refractivity contribution in [2.45, 2.75) is 70.5 Å². The normalized spacial score (nSPS) is 14.2. The zero-order valence-electron chi connectivity index (χ0n) is 18.2. The van der Waals surface area contributed by atoms with Gasteiger partial charge in [-0.25, -0.2) is 12.8 Å². The van der Waals surface area contributed by atoms with Gasteiger partial charge in [0.1, 0.15) is 5.82 Å². The monoisotopic (exact) mass is 485 g/mol. The molecule has 1 aromatic carbocycles. The van der Waals surface area contributed by atoms with Crippen molar-refractivity contribution in [1.82, 2.24) is 5.32 Å². The van der Waals surface area contributed by atoms with E-state index in [2.05, 4.69) is 26.1 Å². The molecule has 1 atom stereocenters. The molecule has 0 aliphatic rings. The van der Waals surface area contributed by atoms with Crippen molar-refractivity contribution < 1.29 is 17.2 Å². The fourth-order valence-electron chi connectivity index (χ4n) is 3.11. The third kappa shape index (κ3) is 7.18. The second-order valence-corrected chi connectivity index (χ2v) is 16.7. The van der Waals surface area contributed by atoms with Gasteiger partial charge in [0.05, 0.1) is 26.6 Å². The second kappa shape index (κ2) is 10.9. The SMILES string of the molecule is CC[Si](CC)(CC)OC(CNCCS(=O)(=O)C(C)(C)C)c1c(Cl)cc(F)cc1Cl. The van der Waals surface area contributed by atoms with E-state index < -0.39 is 34.8 Å². The van der Waals surface area contributed by atoms with E-state index in [0.29, 0.717) is 12.1 Å². The van der Waals surface area contributed by atoms with E-state index >= 15 is 0 Å². The molecule has 0 radical (unpaired) electrons. The van der Waals surface area contributed by atoms with Crippen LogP contribution in [0.5, 0.6) is 0 Å². The van der Waals surface area contributed by atoms with Crippen LogP contribution in [0.15, 0.2) is 12.1 Å². The van der Waals surface area contributed by atoms with Gasteiger partial charge < -0.3 is 9.74 Å². The topological polar surface area (TPSA) is 55.4 Å². The summed E-state index contributed by atoms with van der Waals surface area (Å²) in [5.41, 5.74) is 0.549. The minimum absolute atomic E-state index is 0.0198. The summed E-state index contributed by atoms with van der Waals surface area (Å²) in [5.74, 6) is -0.483. The summed E-state index contributed by atoms with van der Waals surface area (Å²) in [6.45, 7) is 12.1. The fourth-order valence-corrected chi connectivity index (χ4v) is 7.65. The highest BCUT2D eigenvalue weighted by Crippen LogP contribution is 2.37. The van der Waals surface area contributed by atoms with Crippen molar-refractivity contribution in [3.8, 4) is 0 Å². The van der Waals surface area contributed by atoms with Gasteiger partial charge in [-0.2, -0.15) is 0 Å². The molecule has 0 heterocycles. The average molecular weight is 487 g/mol. The van der Waals surface area contributed by atoms with E-state index in [1.807, 2.05) is 0 Å². The van der Waals surface area contributed by atoms with Crippen LogP contribution in [-0.2, 0) is 14.3 Å². The molecule has 1 rings (SSSR count). The number of nitrogens with one attached hydrogen (secondary N) is 1. The average Bonchev–Trinajstić information content (AvgIpc) is 2.61. The molecular weight excluding hydrogens is 452 g/mol. The summed E-state index contributed by atoms with van der Waals surface area (Å²) in [6.07, 6.45) is -0.473. The molecule has 0 fully saturated rings. The van der Waals surface area contributed by atoms with E-state index in [-0.39, 0.29) is 22.3 Å². The summed E-state index contributed by atoms with van der Waals surface area (Å²) in [4.78, 5) is 0. The molecule has 0 bridgehead atoms. The lowest BCUT2D eigenvalue weighted by Crippen LogP contribution is -2.41. The lowest BCUT2D eigenvalue weighted by molar-refractivity contribution is 0.187. The Labute approximate surface area is 186 Å². The first-order valence-electron chi connectivity index (χ1n) is 10.1. The molecule has 0 spiro atoms. The molecular formula is C20H34Cl2FNO3SSi. The molecule has 1 unspecified atom stereocenters. The Morgan fingerprint density at radius 3 is 2.00 bits per heavy atom. The van der Waals surface area contributed by atoms with Crippen molar-refractivity contribution in [3.63, 3.8) is 0 Å². The van der Waals surface area contributed by atoms with Gasteiger partial charge in [-0.15, -0.1) is 0 Å². The first kappa shape index (κ1) is 26.9. The summed E-state index contributed by atoms with van der Waals surface area (Å²) < 4.78 is 44.1. The molecule has 4 nitrogen and oxygen atoms in total. The van der Waals surface area contributed by atoms with Crippen molar-refractivity contribution in [3.05, 3.63) is 33.6 Å². The highest BCUT2D eigenvalue weighted by atomic mass is 35.5. The van der Waals surface area contributed by atoms with Crippen LogP contribution in [0.2, 0.25) is 28.2 Å². The Kier molecular flexibility index (Phi) is 10.1. The van der Waals surface area contributed by atoms with Gasteiger partial charge in [0.2, 0.25) is 0 Å². The van der Waals surface area contributed by atoms with Gasteiger partial charge in [0.25, 0.3) is 0 Å². The maximum Gasteiger partial charge on any atom is 0.192 e. The van der Waals surface area contributed by atoms with Crippen LogP contribution in [0.3, 0.4) is 0 Å². The molecule has 0 aromatic heterocycles. The third-order valence-electron chi connectivity index (χ3n) is 5.50. The second-order valence-electron chi connectivity index (χ2n) is 8.27. The predicted octanol–water partition coefficient (Wildman–Crippen LogP) is 6.00. The summed E-state index contributed by atoms with van der Waals surface area (Å²) >= 11 is 12.6. The van der Waals surface area contributed by atoms with Gasteiger partial charge in [-0.05, 0) is 51.0 Å². The molecule has 0 aliphatic carbocycles. The van der Waals surface area contributed by atoms with Gasteiger partial charge in [-0.3, -0.25) is 0 Å². The Hall–Kier alpha value is -0.183. The van der Waals surface area contributed by atoms with Crippen molar-refractivity contribution in [2.75, 3.05) is 18.8 Å². The van der Waals surface area contributed by atoms with E-state index in [0.717, 1.165) is 18.1 Å². The van der Waals surface area contributed by atoms with Gasteiger partial charge in [-0.1, -0.05) is 44.0 Å². The third-order valence-corrected chi connectivity index (χ3v) is 13.4. The number of halogens is 3. The maximum absolute atomic E-state index is 13.7. The lowest BCUT2D eigenvalue weighted by Gasteiger charge is -2.34. The number of hydrogen-bond donors (Lipinski definition) is 1. The number of rotatable bonds is 11. The fraction of sp³-hybridized carbons (Fsp3) is 0.700. The molecule has 9 heteroatoms. The molecule has 168 valence electrons. The van der Waals surface area contributed by atoms with Gasteiger partial charge in [0.15, 0.2) is 18.2 Å². The maximum atomic E-state index is 13.7. The predicted molar refractivity (Wildman–Crippen MR) is 124 cm³/mol. The van der Waals surface area contributed by atoms with Crippen LogP contribution in [0.4, 0.5) is 4.39 Å². The standard InChI is InChI=1S/C20H34Cl2FNO3SSi/c1-7-29(8-2,9-3)27-18(19-16(21)12-15(23)13-17(19)22)14-24-10-11-28(25,26)20(4,5)6/h12-13,18,24H,7-11,14H2,1-6H3. The Bertz CT molecular complexity index is 749. The Morgan fingerprint density at radius 1 is 1.10 bits per heavy atom. The van der Waals surface area contributed by atoms with Crippen LogP contribution < -0.4 is 5.32 Å². The van der Waals surface area contributed by atoms with Crippen LogP contribution in [-0.4, -0.2) is 40.3 Å². The number of hydrogen-bond acceptors (Lipinski definition) is 4. The van der Waals surface area contributed by atoms with Gasteiger partial charge >= 0.3 is 0 Å². The first-order chi connectivity index (χ1) is 13.3. The molecule has 29 heavy (non-hydrogen) atoms. The van der Waals surface area contributed by atoms with E-state index in [4.69, 9.17) is 27.6 Å². The van der Waals surface area contributed by atoms with Crippen LogP contribution in [0.25, 0.3) is 0 Å². The zero-order chi connectivity index (χ0) is 22.5. The van der Waals surface area contributed by atoms with E-state index in [9.17, 15) is 12.8 Å². The molecule has 0 saturated heterocycles. The lowest BCUT2D eigenvalue weighted by atomic mass is 10.1. The summed E-state index contributed by atoms with van der Waals surface area (Å²) in [5, 5.41) is 3.62. The Morgan fingerprint density at radius 2 is 1.59 bits per heavy atom. The van der Waals surface area contributed by atoms with E-state index in [1.165, 1.54) is 12.1 Å². The first-order valence-corrected chi connectivity index (χ1v) is 15.0. The molecule has 0 saturated carbocycles. The number of benzene rings is 1. The zero-order valence-corrected chi connectivity index (χ0v) is 21.6. The van der Waals surface area contributed by atoms with E-state index in [1.54, 1.807) is 20.8 Å². The minimum atomic E-state index is -3.23. The van der Waals surface area contributed by atoms with Crippen LogP contribution in [0.1, 0.15) is 53.2 Å².